The van der Waals surface area contributed by atoms with E-state index in [2.05, 4.69) is 6.92 Å². The largest absolute Gasteiger partial charge is 0.460 e. The zero-order valence-electron chi connectivity index (χ0n) is 36.0. The first-order valence-corrected chi connectivity index (χ1v) is 21.6. The summed E-state index contributed by atoms with van der Waals surface area (Å²) in [5.74, 6) is -7.38. The lowest BCUT2D eigenvalue weighted by atomic mass is 9.76. The molecule has 2 bridgehead atoms. The Balaban J connectivity index is 1.74. The third kappa shape index (κ3) is 11.5. The molecule has 1 saturated carbocycles. The lowest BCUT2D eigenvalue weighted by molar-refractivity contribution is -0.302. The highest BCUT2D eigenvalue weighted by atomic mass is 16.7. The molecule has 0 aromatic heterocycles. The van der Waals surface area contributed by atoms with Gasteiger partial charge in [-0.05, 0) is 95.3 Å². The van der Waals surface area contributed by atoms with Crippen LogP contribution in [0.2, 0.25) is 0 Å². The van der Waals surface area contributed by atoms with E-state index in [0.717, 1.165) is 18.4 Å². The number of esters is 1. The van der Waals surface area contributed by atoms with Crippen LogP contribution >= 0.6 is 0 Å². The Labute approximate surface area is 340 Å². The summed E-state index contributed by atoms with van der Waals surface area (Å²) in [6.07, 6.45) is 3.82. The minimum absolute atomic E-state index is 0.0419. The fraction of sp³-hybridized carbons (Fsp3) is 0.864. The number of carbonyl (C=O) groups is 4. The molecule has 15 unspecified atom stereocenters. The Morgan fingerprint density at radius 3 is 2.21 bits per heavy atom. The van der Waals surface area contributed by atoms with Crippen molar-refractivity contribution in [2.45, 2.75) is 180 Å². The van der Waals surface area contributed by atoms with Gasteiger partial charge in [0.15, 0.2) is 0 Å². The first kappa shape index (κ1) is 47.4. The van der Waals surface area contributed by atoms with Gasteiger partial charge in [0.2, 0.25) is 5.79 Å². The molecule has 4 rings (SSSR count). The van der Waals surface area contributed by atoms with Gasteiger partial charge in [-0.2, -0.15) is 0 Å². The molecule has 13 heteroatoms. The van der Waals surface area contributed by atoms with Crippen molar-refractivity contribution >= 4 is 23.4 Å². The highest BCUT2D eigenvalue weighted by Gasteiger charge is 2.56. The maximum Gasteiger partial charge on any atom is 0.329 e. The number of Topliss-reactive ketones (excluding diaryl/α,β-unsaturated/α-hetero) is 2. The van der Waals surface area contributed by atoms with Crippen LogP contribution in [0.25, 0.3) is 0 Å². The smallest absolute Gasteiger partial charge is 0.329 e. The number of hydrogen-bond donors (Lipinski definition) is 3. The van der Waals surface area contributed by atoms with Gasteiger partial charge in [-0.3, -0.25) is 14.4 Å². The van der Waals surface area contributed by atoms with Gasteiger partial charge < -0.3 is 43.9 Å². The lowest BCUT2D eigenvalue weighted by Crippen LogP contribution is -2.64. The summed E-state index contributed by atoms with van der Waals surface area (Å²) in [4.78, 5) is 58.0. The second kappa shape index (κ2) is 21.3. The molecule has 3 heterocycles. The number of amides is 1. The van der Waals surface area contributed by atoms with Gasteiger partial charge in [-0.25, -0.2) is 4.79 Å². The number of carbonyl (C=O) groups excluding carboxylic acids is 4. The lowest BCUT2D eigenvalue weighted by Gasteiger charge is -2.47. The van der Waals surface area contributed by atoms with E-state index in [1.165, 1.54) is 19.1 Å². The molecular weight excluding hydrogens is 734 g/mol. The van der Waals surface area contributed by atoms with E-state index < -0.39 is 83.9 Å². The van der Waals surface area contributed by atoms with Crippen molar-refractivity contribution in [3.63, 3.8) is 0 Å². The number of methoxy groups -OCH3 is 3. The topological polar surface area (TPSA) is 178 Å². The molecule has 3 N–H and O–H groups in total. The van der Waals surface area contributed by atoms with E-state index in [1.807, 2.05) is 26.8 Å². The number of nitrogens with zero attached hydrogens (tertiary/aromatic N) is 1. The Bertz CT molecular complexity index is 1390. The van der Waals surface area contributed by atoms with Gasteiger partial charge in [0.1, 0.15) is 24.0 Å². The number of cyclic esters (lactones) is 1. The van der Waals surface area contributed by atoms with Gasteiger partial charge in [0.05, 0.1) is 30.5 Å². The fourth-order valence-electron chi connectivity index (χ4n) is 10.1. The quantitative estimate of drug-likeness (QED) is 0.171. The molecule has 326 valence electrons. The maximum absolute atomic E-state index is 14.3. The van der Waals surface area contributed by atoms with Crippen LogP contribution in [-0.4, -0.2) is 126 Å². The van der Waals surface area contributed by atoms with Crippen LogP contribution in [0.4, 0.5) is 0 Å². The van der Waals surface area contributed by atoms with Crippen LogP contribution in [-0.2, 0) is 42.9 Å². The number of allylic oxidation sites excluding steroid dienone is 2. The van der Waals surface area contributed by atoms with Crippen molar-refractivity contribution in [1.29, 1.82) is 0 Å². The van der Waals surface area contributed by atoms with Crippen molar-refractivity contribution < 1.29 is 58.2 Å². The third-order valence-corrected chi connectivity index (χ3v) is 13.5. The molecule has 0 radical (unpaired) electrons. The van der Waals surface area contributed by atoms with Crippen LogP contribution in [0.3, 0.4) is 0 Å². The molecule has 1 amide bonds. The number of fused-ring (bicyclic) bond motifs is 3. The first-order chi connectivity index (χ1) is 27.0. The van der Waals surface area contributed by atoms with Gasteiger partial charge in [-0.1, -0.05) is 52.7 Å². The molecule has 15 atom stereocenters. The summed E-state index contributed by atoms with van der Waals surface area (Å²) >= 11 is 0. The number of ether oxygens (including phenoxy) is 5. The Morgan fingerprint density at radius 1 is 0.895 bits per heavy atom. The number of hydrogen-bond acceptors (Lipinski definition) is 12. The Morgan fingerprint density at radius 2 is 1.56 bits per heavy atom. The summed E-state index contributed by atoms with van der Waals surface area (Å²) in [5, 5.41) is 34.2. The molecule has 4 aliphatic rings. The van der Waals surface area contributed by atoms with Gasteiger partial charge in [0.25, 0.3) is 11.7 Å². The van der Waals surface area contributed by atoms with E-state index in [1.54, 1.807) is 21.0 Å². The molecular formula is C44H73NO12. The Hall–Kier alpha value is -2.26. The molecule has 0 spiro atoms. The number of piperidine rings is 1. The zero-order valence-corrected chi connectivity index (χ0v) is 36.0. The molecule has 3 fully saturated rings. The SMILES string of the molecule is CCCC1C=C(C)CC(C)CC(OC)C2OC(O)(C(=O)C(=O)N3CCCCC3C(=O)OC(C(C)CC3CCC(O)C(OC)C3)C(C)C(O)CC1=O)C(C)CC2OC. The average Bonchev–Trinajstić information content (AvgIpc) is 3.18. The van der Waals surface area contributed by atoms with Gasteiger partial charge in [0, 0.05) is 52.0 Å². The second-order valence-corrected chi connectivity index (χ2v) is 18.0. The molecule has 0 aromatic rings. The summed E-state index contributed by atoms with van der Waals surface area (Å²) in [5.41, 5.74) is 1.01. The predicted molar refractivity (Wildman–Crippen MR) is 213 cm³/mol. The highest BCUT2D eigenvalue weighted by Crippen LogP contribution is 2.40. The standard InChI is InChI=1S/C44H73NO12/c1-10-13-31-19-25(2)18-26(3)20-37(54-8)40-38(55-9)22-28(5)44(52,57-40)41(49)42(50)45-17-12-11-14-32(45)43(51)56-39(29(6)34(47)24-35(31)48)27(4)21-30-15-16-33(46)36(23-30)53-7/h19,26-34,36-40,46-47,52H,10-18,20-24H2,1-9H3. The van der Waals surface area contributed by atoms with E-state index >= 15 is 0 Å². The average molecular weight is 808 g/mol. The molecule has 2 saturated heterocycles. The van der Waals surface area contributed by atoms with Crippen LogP contribution in [0.5, 0.6) is 0 Å². The summed E-state index contributed by atoms with van der Waals surface area (Å²) in [6.45, 7) is 11.6. The van der Waals surface area contributed by atoms with E-state index in [4.69, 9.17) is 23.7 Å². The van der Waals surface area contributed by atoms with Crippen molar-refractivity contribution in [2.24, 2.45) is 35.5 Å². The van der Waals surface area contributed by atoms with E-state index in [-0.39, 0.29) is 55.4 Å². The predicted octanol–water partition coefficient (Wildman–Crippen LogP) is 4.94. The van der Waals surface area contributed by atoms with Crippen molar-refractivity contribution in [3.05, 3.63) is 11.6 Å². The Kier molecular flexibility index (Phi) is 17.7. The second-order valence-electron chi connectivity index (χ2n) is 18.0. The molecule has 57 heavy (non-hydrogen) atoms. The molecule has 13 nitrogen and oxygen atoms in total. The summed E-state index contributed by atoms with van der Waals surface area (Å²) in [6, 6.07) is -1.10. The van der Waals surface area contributed by atoms with Crippen LogP contribution < -0.4 is 0 Å². The first-order valence-electron chi connectivity index (χ1n) is 21.6. The van der Waals surface area contributed by atoms with Crippen molar-refractivity contribution in [2.75, 3.05) is 27.9 Å². The summed E-state index contributed by atoms with van der Waals surface area (Å²) in [7, 11) is 4.66. The van der Waals surface area contributed by atoms with E-state index in [0.29, 0.717) is 51.4 Å². The van der Waals surface area contributed by atoms with Crippen LogP contribution in [0.15, 0.2) is 11.6 Å². The van der Waals surface area contributed by atoms with Crippen LogP contribution in [0, 0.1) is 35.5 Å². The van der Waals surface area contributed by atoms with Crippen LogP contribution in [0.1, 0.15) is 125 Å². The van der Waals surface area contributed by atoms with Crippen molar-refractivity contribution in [1.82, 2.24) is 4.90 Å². The minimum Gasteiger partial charge on any atom is -0.460 e. The minimum atomic E-state index is -2.49. The van der Waals surface area contributed by atoms with E-state index in [9.17, 15) is 34.5 Å². The number of rotatable bonds is 8. The molecule has 3 aliphatic heterocycles. The third-order valence-electron chi connectivity index (χ3n) is 13.5. The number of aliphatic hydroxyl groups is 3. The molecule has 0 aromatic carbocycles. The van der Waals surface area contributed by atoms with Gasteiger partial charge >= 0.3 is 5.97 Å². The monoisotopic (exact) mass is 808 g/mol. The molecule has 1 aliphatic carbocycles. The maximum atomic E-state index is 14.3. The summed E-state index contributed by atoms with van der Waals surface area (Å²) < 4.78 is 29.9. The fourth-order valence-corrected chi connectivity index (χ4v) is 10.1. The highest BCUT2D eigenvalue weighted by molar-refractivity contribution is 6.39. The number of ketones is 2. The van der Waals surface area contributed by atoms with Crippen molar-refractivity contribution in [3.8, 4) is 0 Å². The van der Waals surface area contributed by atoms with Gasteiger partial charge in [-0.15, -0.1) is 0 Å². The number of aliphatic hydroxyl groups excluding tert-OH is 2. The normalized spacial score (nSPS) is 40.4. The zero-order chi connectivity index (χ0) is 42.2.